The van der Waals surface area contributed by atoms with E-state index < -0.39 is 5.91 Å². The van der Waals surface area contributed by atoms with Crippen molar-refractivity contribution in [1.29, 1.82) is 0 Å². The summed E-state index contributed by atoms with van der Waals surface area (Å²) in [6.07, 6.45) is 1.81. The van der Waals surface area contributed by atoms with Gasteiger partial charge in [0.25, 0.3) is 5.91 Å². The molecular weight excluding hydrogens is 282 g/mol. The number of nitrogens with two attached hydrogens (primary N) is 2. The molecule has 0 bridgehead atoms. The molecule has 5 heteroatoms. The Kier molecular flexibility index (Phi) is 4.55. The first-order valence-corrected chi connectivity index (χ1v) is 7.37. The normalized spacial score (nSPS) is 11.2. The second kappa shape index (κ2) is 6.37. The van der Waals surface area contributed by atoms with Crippen LogP contribution in [0.1, 0.15) is 18.1 Å². The lowest BCUT2D eigenvalue weighted by molar-refractivity contribution is -0.114. The van der Waals surface area contributed by atoms with Crippen molar-refractivity contribution in [2.24, 2.45) is 16.5 Å². The molecule has 0 radical (unpaired) electrons. The van der Waals surface area contributed by atoms with Crippen molar-refractivity contribution in [3.05, 3.63) is 51.7 Å². The molecule has 0 aliphatic carbocycles. The van der Waals surface area contributed by atoms with Crippen molar-refractivity contribution in [3.8, 4) is 11.1 Å². The maximum Gasteiger partial charge on any atom is 0.275 e. The third-order valence-corrected chi connectivity index (χ3v) is 3.91. The van der Waals surface area contributed by atoms with Crippen LogP contribution in [0, 0.1) is 6.92 Å². The summed E-state index contributed by atoms with van der Waals surface area (Å²) in [5.74, 6) is -0.651. The summed E-state index contributed by atoms with van der Waals surface area (Å²) in [6.45, 7) is 3.77. The van der Waals surface area contributed by atoms with E-state index in [1.54, 1.807) is 24.3 Å². The Morgan fingerprint density at radius 1 is 1.19 bits per heavy atom. The van der Waals surface area contributed by atoms with E-state index in [4.69, 9.17) is 11.5 Å². The Morgan fingerprint density at radius 2 is 1.90 bits per heavy atom. The SMILES string of the molecule is CC(=Cc1ccccc1-c1cscc1C)C(=O)N=C(N)N. The van der Waals surface area contributed by atoms with Gasteiger partial charge in [0.05, 0.1) is 0 Å². The fourth-order valence-electron chi connectivity index (χ4n) is 2.01. The van der Waals surface area contributed by atoms with Crippen molar-refractivity contribution in [2.75, 3.05) is 0 Å². The molecule has 0 fully saturated rings. The van der Waals surface area contributed by atoms with Crippen molar-refractivity contribution >= 4 is 29.3 Å². The fourth-order valence-corrected chi connectivity index (χ4v) is 2.85. The number of guanidine groups is 1. The third-order valence-electron chi connectivity index (χ3n) is 3.05. The first-order chi connectivity index (χ1) is 9.99. The number of rotatable bonds is 3. The lowest BCUT2D eigenvalue weighted by atomic mass is 9.98. The summed E-state index contributed by atoms with van der Waals surface area (Å²) >= 11 is 1.66. The summed E-state index contributed by atoms with van der Waals surface area (Å²) in [5.41, 5.74) is 15.4. The number of aliphatic imine (C=N–C) groups is 1. The molecule has 1 heterocycles. The molecule has 2 rings (SSSR count). The molecule has 0 saturated carbocycles. The number of hydrogen-bond donors (Lipinski definition) is 2. The van der Waals surface area contributed by atoms with Crippen LogP contribution >= 0.6 is 11.3 Å². The summed E-state index contributed by atoms with van der Waals surface area (Å²) in [7, 11) is 0. The average Bonchev–Trinajstić information content (AvgIpc) is 2.84. The zero-order chi connectivity index (χ0) is 15.4. The second-order valence-corrected chi connectivity index (χ2v) is 5.47. The molecule has 0 atom stereocenters. The van der Waals surface area contributed by atoms with Gasteiger partial charge in [-0.2, -0.15) is 16.3 Å². The largest absolute Gasteiger partial charge is 0.370 e. The van der Waals surface area contributed by atoms with Gasteiger partial charge in [0.2, 0.25) is 0 Å². The lowest BCUT2D eigenvalue weighted by Crippen LogP contribution is -2.24. The van der Waals surface area contributed by atoms with Gasteiger partial charge >= 0.3 is 0 Å². The van der Waals surface area contributed by atoms with Crippen LogP contribution in [0.5, 0.6) is 0 Å². The van der Waals surface area contributed by atoms with E-state index in [0.717, 1.165) is 11.1 Å². The van der Waals surface area contributed by atoms with Gasteiger partial charge in [-0.3, -0.25) is 4.79 Å². The summed E-state index contributed by atoms with van der Waals surface area (Å²) in [4.78, 5) is 15.4. The van der Waals surface area contributed by atoms with Gasteiger partial charge in [0.1, 0.15) is 0 Å². The molecule has 1 aromatic carbocycles. The van der Waals surface area contributed by atoms with Crippen LogP contribution in [-0.2, 0) is 4.79 Å². The molecule has 0 unspecified atom stereocenters. The topological polar surface area (TPSA) is 81.5 Å². The molecule has 21 heavy (non-hydrogen) atoms. The van der Waals surface area contributed by atoms with E-state index in [1.807, 2.05) is 24.3 Å². The smallest absolute Gasteiger partial charge is 0.275 e. The second-order valence-electron chi connectivity index (χ2n) is 4.72. The number of benzene rings is 1. The minimum absolute atomic E-state index is 0.227. The monoisotopic (exact) mass is 299 g/mol. The van der Waals surface area contributed by atoms with E-state index in [-0.39, 0.29) is 5.96 Å². The van der Waals surface area contributed by atoms with Crippen LogP contribution in [0.2, 0.25) is 0 Å². The van der Waals surface area contributed by atoms with E-state index >= 15 is 0 Å². The predicted octanol–water partition coefficient (Wildman–Crippen LogP) is 2.93. The number of thiophene rings is 1. The maximum absolute atomic E-state index is 11.8. The van der Waals surface area contributed by atoms with Crippen molar-refractivity contribution < 1.29 is 4.79 Å². The summed E-state index contributed by atoms with van der Waals surface area (Å²) in [6, 6.07) is 7.93. The van der Waals surface area contributed by atoms with Crippen molar-refractivity contribution in [2.45, 2.75) is 13.8 Å². The zero-order valence-corrected chi connectivity index (χ0v) is 12.8. The molecule has 0 aliphatic rings. The van der Waals surface area contributed by atoms with Gasteiger partial charge in [-0.1, -0.05) is 24.3 Å². The Bertz CT molecular complexity index is 725. The van der Waals surface area contributed by atoms with Gasteiger partial charge in [-0.05, 0) is 52.9 Å². The van der Waals surface area contributed by atoms with Crippen LogP contribution in [0.15, 0.2) is 45.6 Å². The Balaban J connectivity index is 2.45. The number of nitrogens with zero attached hydrogens (tertiary/aromatic N) is 1. The Labute approximate surface area is 127 Å². The van der Waals surface area contributed by atoms with Crippen LogP contribution in [0.25, 0.3) is 17.2 Å². The highest BCUT2D eigenvalue weighted by Crippen LogP contribution is 2.30. The molecule has 0 saturated heterocycles. The maximum atomic E-state index is 11.8. The number of amides is 1. The van der Waals surface area contributed by atoms with Gasteiger partial charge < -0.3 is 11.5 Å². The molecule has 4 N–H and O–H groups in total. The summed E-state index contributed by atoms with van der Waals surface area (Å²) in [5, 5.41) is 4.21. The van der Waals surface area contributed by atoms with Gasteiger partial charge in [0, 0.05) is 5.57 Å². The molecule has 4 nitrogen and oxygen atoms in total. The molecule has 0 spiro atoms. The van der Waals surface area contributed by atoms with E-state index in [1.165, 1.54) is 11.1 Å². The van der Waals surface area contributed by atoms with Crippen LogP contribution in [0.3, 0.4) is 0 Å². The van der Waals surface area contributed by atoms with Crippen LogP contribution in [0.4, 0.5) is 0 Å². The molecular formula is C16H17N3OS. The number of carbonyl (C=O) groups excluding carboxylic acids is 1. The van der Waals surface area contributed by atoms with Gasteiger partial charge in [0.15, 0.2) is 5.96 Å². The zero-order valence-electron chi connectivity index (χ0n) is 12.0. The predicted molar refractivity (Wildman–Crippen MR) is 89.0 cm³/mol. The summed E-state index contributed by atoms with van der Waals surface area (Å²) < 4.78 is 0. The molecule has 2 aromatic rings. The number of carbonyl (C=O) groups is 1. The van der Waals surface area contributed by atoms with Gasteiger partial charge in [-0.15, -0.1) is 0 Å². The first kappa shape index (κ1) is 15.0. The molecule has 0 aliphatic heterocycles. The first-order valence-electron chi connectivity index (χ1n) is 6.43. The van der Waals surface area contributed by atoms with Gasteiger partial charge in [-0.25, -0.2) is 0 Å². The van der Waals surface area contributed by atoms with E-state index in [9.17, 15) is 4.79 Å². The standard InChI is InChI=1S/C16H17N3OS/c1-10(15(20)19-16(17)18)7-12-5-3-4-6-13(12)14-9-21-8-11(14)2/h3-9H,1-2H3,(H4,17,18,19,20). The van der Waals surface area contributed by atoms with Crippen LogP contribution in [-0.4, -0.2) is 11.9 Å². The average molecular weight is 299 g/mol. The molecule has 1 aromatic heterocycles. The van der Waals surface area contributed by atoms with E-state index in [2.05, 4.69) is 22.7 Å². The fraction of sp³-hybridized carbons (Fsp3) is 0.125. The van der Waals surface area contributed by atoms with Crippen molar-refractivity contribution in [1.82, 2.24) is 0 Å². The third kappa shape index (κ3) is 3.58. The quantitative estimate of drug-likeness (QED) is 0.519. The molecule has 108 valence electrons. The number of hydrogen-bond acceptors (Lipinski definition) is 2. The Morgan fingerprint density at radius 3 is 2.52 bits per heavy atom. The van der Waals surface area contributed by atoms with E-state index in [0.29, 0.717) is 5.57 Å². The minimum atomic E-state index is -0.424. The minimum Gasteiger partial charge on any atom is -0.370 e. The lowest BCUT2D eigenvalue weighted by Gasteiger charge is -2.06. The highest BCUT2D eigenvalue weighted by molar-refractivity contribution is 7.08. The Hall–Kier alpha value is -2.40. The highest BCUT2D eigenvalue weighted by Gasteiger charge is 2.09. The van der Waals surface area contributed by atoms with Crippen LogP contribution < -0.4 is 11.5 Å². The highest BCUT2D eigenvalue weighted by atomic mass is 32.1. The number of aryl methyl sites for hydroxylation is 1. The molecule has 1 amide bonds. The van der Waals surface area contributed by atoms with Crippen molar-refractivity contribution in [3.63, 3.8) is 0 Å².